The summed E-state index contributed by atoms with van der Waals surface area (Å²) in [5.74, 6) is 1.76. The molecule has 0 aliphatic carbocycles. The van der Waals surface area contributed by atoms with Gasteiger partial charge in [-0.2, -0.15) is 0 Å². The number of rotatable bonds is 14. The average molecular weight is 705 g/mol. The van der Waals surface area contributed by atoms with Crippen LogP contribution >= 0.6 is 11.3 Å². The molecule has 1 aliphatic heterocycles. The van der Waals surface area contributed by atoms with Crippen LogP contribution in [0.5, 0.6) is 23.0 Å². The van der Waals surface area contributed by atoms with Crippen molar-refractivity contribution < 1.29 is 28.5 Å². The molecule has 5 aromatic rings. The Morgan fingerprint density at radius 2 is 1.33 bits per heavy atom. The van der Waals surface area contributed by atoms with Crippen molar-refractivity contribution in [3.8, 4) is 23.0 Å². The van der Waals surface area contributed by atoms with E-state index in [-0.39, 0.29) is 17.7 Å². The quantitative estimate of drug-likeness (QED) is 0.117. The number of thiazole rings is 1. The van der Waals surface area contributed by atoms with Gasteiger partial charge in [0.2, 0.25) is 0 Å². The first-order valence-corrected chi connectivity index (χ1v) is 17.8. The highest BCUT2D eigenvalue weighted by atomic mass is 32.1. The molecule has 0 unspecified atom stereocenters. The van der Waals surface area contributed by atoms with Gasteiger partial charge in [0.05, 0.1) is 29.9 Å². The Morgan fingerprint density at radius 3 is 1.92 bits per heavy atom. The maximum atomic E-state index is 13.9. The van der Waals surface area contributed by atoms with Crippen molar-refractivity contribution in [2.45, 2.75) is 47.0 Å². The van der Waals surface area contributed by atoms with E-state index in [0.717, 1.165) is 16.7 Å². The van der Waals surface area contributed by atoms with Gasteiger partial charge in [0.25, 0.3) is 5.56 Å². The molecule has 0 amide bonds. The lowest BCUT2D eigenvalue weighted by Crippen LogP contribution is -2.35. The van der Waals surface area contributed by atoms with Crippen LogP contribution in [-0.2, 0) is 22.7 Å². The summed E-state index contributed by atoms with van der Waals surface area (Å²) in [6.45, 7) is 9.13. The lowest BCUT2D eigenvalue weighted by Gasteiger charge is -2.23. The minimum absolute atomic E-state index is 0.177. The van der Waals surface area contributed by atoms with Crippen LogP contribution in [0, 0.1) is 0 Å². The monoisotopic (exact) mass is 704 g/mol. The molecule has 1 aliphatic rings. The molecule has 4 aromatic carbocycles. The molecular formula is C41H40N2O7S. The number of carbonyl (C=O) groups is 1. The number of allylic oxidation sites excluding steroid dienone is 1. The van der Waals surface area contributed by atoms with Crippen molar-refractivity contribution in [3.63, 3.8) is 0 Å². The van der Waals surface area contributed by atoms with Crippen LogP contribution in [-0.4, -0.2) is 30.4 Å². The SMILES string of the molecule is CCOC(=O)C1=C(C)n2c(s/c(=C\c3ccc(OCc4ccccc4)c(OCC)c3)c2=O)=N[C@H]1c1ccc(OCc2ccccc2)c(OCC)c1. The van der Waals surface area contributed by atoms with Crippen LogP contribution in [0.1, 0.15) is 56.0 Å². The Morgan fingerprint density at radius 1 is 0.745 bits per heavy atom. The fourth-order valence-corrected chi connectivity index (χ4v) is 6.80. The van der Waals surface area contributed by atoms with E-state index in [1.54, 1.807) is 19.9 Å². The normalized spacial score (nSPS) is 14.0. The topological polar surface area (TPSA) is 97.6 Å². The number of esters is 1. The summed E-state index contributed by atoms with van der Waals surface area (Å²) < 4.78 is 31.5. The maximum Gasteiger partial charge on any atom is 0.338 e. The second-order valence-corrected chi connectivity index (χ2v) is 12.6. The molecule has 2 heterocycles. The number of aromatic nitrogens is 1. The van der Waals surface area contributed by atoms with E-state index < -0.39 is 12.0 Å². The van der Waals surface area contributed by atoms with Crippen LogP contribution in [0.2, 0.25) is 0 Å². The van der Waals surface area contributed by atoms with E-state index in [0.29, 0.717) is 70.0 Å². The molecule has 0 bridgehead atoms. The van der Waals surface area contributed by atoms with Crippen LogP contribution < -0.4 is 33.8 Å². The standard InChI is InChI=1S/C41H40N2O7S/c1-5-46-34-22-30(18-20-32(34)49-25-28-14-10-8-11-15-28)23-36-39(44)43-27(4)37(40(45)48-7-3)38(42-41(43)51-36)31-19-21-33(35(24-31)47-6-2)50-26-29-16-12-9-13-17-29/h8-24,38H,5-7,25-26H2,1-4H3/b36-23-/t38-/m0/s1. The number of hydrogen-bond acceptors (Lipinski definition) is 9. The Balaban J connectivity index is 1.37. The molecule has 1 atom stereocenters. The summed E-state index contributed by atoms with van der Waals surface area (Å²) >= 11 is 1.25. The second kappa shape index (κ2) is 16.4. The summed E-state index contributed by atoms with van der Waals surface area (Å²) in [4.78, 5) is 32.8. The molecule has 0 fully saturated rings. The molecular weight excluding hydrogens is 665 g/mol. The number of nitrogens with zero attached hydrogens (tertiary/aromatic N) is 2. The number of carbonyl (C=O) groups excluding carboxylic acids is 1. The number of ether oxygens (including phenoxy) is 5. The Kier molecular flexibility index (Phi) is 11.3. The van der Waals surface area contributed by atoms with Gasteiger partial charge in [-0.1, -0.05) is 84.1 Å². The van der Waals surface area contributed by atoms with Crippen molar-refractivity contribution in [1.82, 2.24) is 4.57 Å². The lowest BCUT2D eigenvalue weighted by atomic mass is 9.96. The average Bonchev–Trinajstić information content (AvgIpc) is 3.46. The Hall–Kier alpha value is -5.61. The summed E-state index contributed by atoms with van der Waals surface area (Å²) in [5.41, 5.74) is 4.01. The molecule has 262 valence electrons. The molecule has 0 radical (unpaired) electrons. The predicted molar refractivity (Wildman–Crippen MR) is 198 cm³/mol. The molecule has 0 N–H and O–H groups in total. The van der Waals surface area contributed by atoms with Gasteiger partial charge >= 0.3 is 5.97 Å². The molecule has 0 saturated heterocycles. The molecule has 6 rings (SSSR count). The largest absolute Gasteiger partial charge is 0.490 e. The van der Waals surface area contributed by atoms with Crippen molar-refractivity contribution in [2.24, 2.45) is 4.99 Å². The van der Waals surface area contributed by atoms with Crippen LogP contribution in [0.25, 0.3) is 11.8 Å². The van der Waals surface area contributed by atoms with Gasteiger partial charge < -0.3 is 23.7 Å². The van der Waals surface area contributed by atoms with Crippen LogP contribution in [0.15, 0.2) is 112 Å². The molecule has 0 saturated carbocycles. The van der Waals surface area contributed by atoms with Crippen molar-refractivity contribution >= 4 is 29.1 Å². The van der Waals surface area contributed by atoms with E-state index >= 15 is 0 Å². The minimum Gasteiger partial charge on any atom is -0.490 e. The van der Waals surface area contributed by atoms with E-state index in [1.165, 1.54) is 15.9 Å². The van der Waals surface area contributed by atoms with E-state index in [9.17, 15) is 9.59 Å². The number of hydrogen-bond donors (Lipinski definition) is 0. The third-order valence-corrected chi connectivity index (χ3v) is 9.15. The van der Waals surface area contributed by atoms with Crippen molar-refractivity contribution in [2.75, 3.05) is 19.8 Å². The third-order valence-electron chi connectivity index (χ3n) is 8.16. The van der Waals surface area contributed by atoms with Crippen molar-refractivity contribution in [1.29, 1.82) is 0 Å². The van der Waals surface area contributed by atoms with E-state index in [2.05, 4.69) is 0 Å². The Bertz CT molecular complexity index is 2210. The third kappa shape index (κ3) is 8.07. The van der Waals surface area contributed by atoms with Crippen LogP contribution in [0.4, 0.5) is 0 Å². The fraction of sp³-hybridized carbons (Fsp3) is 0.244. The van der Waals surface area contributed by atoms with Gasteiger partial charge in [-0.3, -0.25) is 9.36 Å². The summed E-state index contributed by atoms with van der Waals surface area (Å²) in [6.07, 6.45) is 1.80. The van der Waals surface area contributed by atoms with E-state index in [1.807, 2.05) is 111 Å². The van der Waals surface area contributed by atoms with Gasteiger partial charge in [0.1, 0.15) is 19.3 Å². The van der Waals surface area contributed by atoms with Gasteiger partial charge in [0, 0.05) is 5.70 Å². The zero-order chi connectivity index (χ0) is 35.7. The summed E-state index contributed by atoms with van der Waals surface area (Å²) in [7, 11) is 0. The van der Waals surface area contributed by atoms with E-state index in [4.69, 9.17) is 28.7 Å². The molecule has 51 heavy (non-hydrogen) atoms. The summed E-state index contributed by atoms with van der Waals surface area (Å²) in [6, 6.07) is 30.2. The zero-order valence-corrected chi connectivity index (χ0v) is 29.9. The smallest absolute Gasteiger partial charge is 0.338 e. The molecule has 0 spiro atoms. The van der Waals surface area contributed by atoms with Gasteiger partial charge in [0.15, 0.2) is 27.8 Å². The lowest BCUT2D eigenvalue weighted by molar-refractivity contribution is -0.138. The zero-order valence-electron chi connectivity index (χ0n) is 29.1. The van der Waals surface area contributed by atoms with Gasteiger partial charge in [-0.05, 0) is 80.3 Å². The minimum atomic E-state index is -0.733. The molecule has 9 nitrogen and oxygen atoms in total. The predicted octanol–water partition coefficient (Wildman–Crippen LogP) is 6.86. The first-order valence-electron chi connectivity index (χ1n) is 17.0. The number of fused-ring (bicyclic) bond motifs is 1. The first-order chi connectivity index (χ1) is 24.9. The first kappa shape index (κ1) is 35.2. The highest BCUT2D eigenvalue weighted by molar-refractivity contribution is 7.07. The molecule has 10 heteroatoms. The fourth-order valence-electron chi connectivity index (χ4n) is 5.76. The van der Waals surface area contributed by atoms with Gasteiger partial charge in [-0.15, -0.1) is 0 Å². The van der Waals surface area contributed by atoms with Crippen molar-refractivity contribution in [3.05, 3.63) is 145 Å². The highest BCUT2D eigenvalue weighted by Gasteiger charge is 2.32. The number of benzene rings is 4. The summed E-state index contributed by atoms with van der Waals surface area (Å²) in [5, 5.41) is 0. The van der Waals surface area contributed by atoms with Gasteiger partial charge in [-0.25, -0.2) is 9.79 Å². The Labute approximate surface area is 300 Å². The maximum absolute atomic E-state index is 13.9. The second-order valence-electron chi connectivity index (χ2n) is 11.6. The van der Waals surface area contributed by atoms with Crippen LogP contribution in [0.3, 0.4) is 0 Å². The highest BCUT2D eigenvalue weighted by Crippen LogP contribution is 2.38. The molecule has 1 aromatic heterocycles.